The standard InChI is InChI=1S/C12H13ClN2O2S2/c13-11-6-7-12(18-11)19(16,17)15-8-10(14)9-4-2-1-3-5-9/h1-7,10,15H,8,14H2/t10-/m0/s1. The number of nitrogens with two attached hydrogens (primary N) is 1. The smallest absolute Gasteiger partial charge is 0.250 e. The minimum absolute atomic E-state index is 0.141. The van der Waals surface area contributed by atoms with Gasteiger partial charge in [0, 0.05) is 12.6 Å². The molecule has 1 aromatic heterocycles. The Morgan fingerprint density at radius 1 is 1.21 bits per heavy atom. The average molecular weight is 317 g/mol. The van der Waals surface area contributed by atoms with Crippen LogP contribution in [-0.4, -0.2) is 15.0 Å². The molecule has 0 spiro atoms. The lowest BCUT2D eigenvalue weighted by Crippen LogP contribution is -2.31. The van der Waals surface area contributed by atoms with Gasteiger partial charge >= 0.3 is 0 Å². The van der Waals surface area contributed by atoms with E-state index < -0.39 is 10.0 Å². The summed E-state index contributed by atoms with van der Waals surface area (Å²) >= 11 is 6.74. The third-order valence-electron chi connectivity index (χ3n) is 2.53. The molecule has 2 rings (SSSR count). The summed E-state index contributed by atoms with van der Waals surface area (Å²) in [6, 6.07) is 12.0. The Hall–Kier alpha value is -0.920. The first-order valence-corrected chi connectivity index (χ1v) is 8.22. The highest BCUT2D eigenvalue weighted by Crippen LogP contribution is 2.25. The van der Waals surface area contributed by atoms with E-state index in [2.05, 4.69) is 4.72 Å². The molecule has 0 unspecified atom stereocenters. The zero-order chi connectivity index (χ0) is 13.9. The van der Waals surface area contributed by atoms with Crippen molar-refractivity contribution in [3.05, 3.63) is 52.4 Å². The SMILES string of the molecule is N[C@@H](CNS(=O)(=O)c1ccc(Cl)s1)c1ccccc1. The molecule has 0 saturated heterocycles. The maximum atomic E-state index is 12.0. The fourth-order valence-electron chi connectivity index (χ4n) is 1.53. The lowest BCUT2D eigenvalue weighted by atomic mass is 10.1. The lowest BCUT2D eigenvalue weighted by Gasteiger charge is -2.12. The van der Waals surface area contributed by atoms with E-state index in [-0.39, 0.29) is 16.8 Å². The second-order valence-electron chi connectivity index (χ2n) is 3.93. The number of rotatable bonds is 5. The number of benzene rings is 1. The fraction of sp³-hybridized carbons (Fsp3) is 0.167. The Labute approximate surface area is 121 Å². The second-order valence-corrected chi connectivity index (χ2v) is 7.64. The van der Waals surface area contributed by atoms with Crippen LogP contribution in [-0.2, 0) is 10.0 Å². The molecule has 0 radical (unpaired) electrons. The number of nitrogens with one attached hydrogen (secondary N) is 1. The summed E-state index contributed by atoms with van der Waals surface area (Å²) in [6.45, 7) is 0.141. The maximum absolute atomic E-state index is 12.0. The molecular weight excluding hydrogens is 304 g/mol. The van der Waals surface area contributed by atoms with Crippen LogP contribution in [0.3, 0.4) is 0 Å². The van der Waals surface area contributed by atoms with E-state index in [1.165, 1.54) is 6.07 Å². The summed E-state index contributed by atoms with van der Waals surface area (Å²) < 4.78 is 27.0. The number of halogens is 1. The van der Waals surface area contributed by atoms with Crippen molar-refractivity contribution in [2.45, 2.75) is 10.3 Å². The fourth-order valence-corrected chi connectivity index (χ4v) is 4.12. The van der Waals surface area contributed by atoms with Gasteiger partial charge in [-0.05, 0) is 17.7 Å². The Kier molecular flexibility index (Phi) is 4.59. The van der Waals surface area contributed by atoms with Crippen LogP contribution in [0.2, 0.25) is 4.34 Å². The van der Waals surface area contributed by atoms with Crippen molar-refractivity contribution >= 4 is 33.0 Å². The van der Waals surface area contributed by atoms with Crippen molar-refractivity contribution in [3.63, 3.8) is 0 Å². The molecule has 0 saturated carbocycles. The first-order valence-electron chi connectivity index (χ1n) is 5.54. The lowest BCUT2D eigenvalue weighted by molar-refractivity contribution is 0.574. The van der Waals surface area contributed by atoms with Crippen LogP contribution in [0.5, 0.6) is 0 Å². The van der Waals surface area contributed by atoms with Crippen molar-refractivity contribution in [2.24, 2.45) is 5.73 Å². The largest absolute Gasteiger partial charge is 0.323 e. The van der Waals surface area contributed by atoms with Gasteiger partial charge in [0.2, 0.25) is 10.0 Å². The molecule has 102 valence electrons. The molecule has 19 heavy (non-hydrogen) atoms. The van der Waals surface area contributed by atoms with Gasteiger partial charge in [-0.1, -0.05) is 41.9 Å². The van der Waals surface area contributed by atoms with Gasteiger partial charge in [0.15, 0.2) is 0 Å². The van der Waals surface area contributed by atoms with Crippen molar-refractivity contribution in [1.82, 2.24) is 4.72 Å². The maximum Gasteiger partial charge on any atom is 0.250 e. The molecule has 0 fully saturated rings. The molecule has 0 aliphatic heterocycles. The van der Waals surface area contributed by atoms with Gasteiger partial charge in [0.05, 0.1) is 4.34 Å². The van der Waals surface area contributed by atoms with E-state index in [0.29, 0.717) is 4.34 Å². The number of hydrogen-bond donors (Lipinski definition) is 2. The quantitative estimate of drug-likeness (QED) is 0.889. The first-order chi connectivity index (χ1) is 8.99. The van der Waals surface area contributed by atoms with E-state index in [9.17, 15) is 8.42 Å². The van der Waals surface area contributed by atoms with Crippen LogP contribution in [0.15, 0.2) is 46.7 Å². The van der Waals surface area contributed by atoms with Crippen molar-refractivity contribution < 1.29 is 8.42 Å². The van der Waals surface area contributed by atoms with Gasteiger partial charge in [-0.2, -0.15) is 0 Å². The third-order valence-corrected chi connectivity index (χ3v) is 5.68. The normalized spacial score (nSPS) is 13.4. The molecule has 2 aromatic rings. The molecule has 0 aliphatic rings. The summed E-state index contributed by atoms with van der Waals surface area (Å²) in [5.74, 6) is 0. The van der Waals surface area contributed by atoms with Gasteiger partial charge in [-0.15, -0.1) is 11.3 Å². The molecule has 1 heterocycles. The van der Waals surface area contributed by atoms with Gasteiger partial charge in [0.1, 0.15) is 4.21 Å². The van der Waals surface area contributed by atoms with Gasteiger partial charge in [-0.25, -0.2) is 13.1 Å². The van der Waals surface area contributed by atoms with Crippen LogP contribution < -0.4 is 10.5 Å². The number of sulfonamides is 1. The van der Waals surface area contributed by atoms with Crippen molar-refractivity contribution in [3.8, 4) is 0 Å². The molecule has 7 heteroatoms. The molecule has 3 N–H and O–H groups in total. The summed E-state index contributed by atoms with van der Waals surface area (Å²) in [5.41, 5.74) is 6.82. The summed E-state index contributed by atoms with van der Waals surface area (Å²) in [6.07, 6.45) is 0. The second kappa shape index (κ2) is 6.02. The summed E-state index contributed by atoms with van der Waals surface area (Å²) in [5, 5.41) is 0. The van der Waals surface area contributed by atoms with Crippen LogP contribution in [0, 0.1) is 0 Å². The molecule has 0 bridgehead atoms. The minimum Gasteiger partial charge on any atom is -0.323 e. The molecule has 1 aromatic carbocycles. The Morgan fingerprint density at radius 3 is 2.47 bits per heavy atom. The summed E-state index contributed by atoms with van der Waals surface area (Å²) in [7, 11) is -3.54. The number of hydrogen-bond acceptors (Lipinski definition) is 4. The van der Waals surface area contributed by atoms with E-state index in [1.54, 1.807) is 6.07 Å². The highest BCUT2D eigenvalue weighted by Gasteiger charge is 2.17. The molecule has 0 amide bonds. The van der Waals surface area contributed by atoms with Gasteiger partial charge in [-0.3, -0.25) is 0 Å². The zero-order valence-corrected chi connectivity index (χ0v) is 12.3. The van der Waals surface area contributed by atoms with Crippen LogP contribution in [0.1, 0.15) is 11.6 Å². The van der Waals surface area contributed by atoms with E-state index in [4.69, 9.17) is 17.3 Å². The van der Waals surface area contributed by atoms with Crippen molar-refractivity contribution in [1.29, 1.82) is 0 Å². The number of thiophene rings is 1. The summed E-state index contributed by atoms with van der Waals surface area (Å²) in [4.78, 5) is 0. The predicted molar refractivity (Wildman–Crippen MR) is 77.9 cm³/mol. The Balaban J connectivity index is 2.03. The van der Waals surface area contributed by atoms with E-state index >= 15 is 0 Å². The van der Waals surface area contributed by atoms with Crippen molar-refractivity contribution in [2.75, 3.05) is 6.54 Å². The zero-order valence-electron chi connectivity index (χ0n) is 9.91. The molecular formula is C12H13ClN2O2S2. The van der Waals surface area contributed by atoms with Crippen LogP contribution >= 0.6 is 22.9 Å². The highest BCUT2D eigenvalue weighted by atomic mass is 35.5. The van der Waals surface area contributed by atoms with Crippen LogP contribution in [0.4, 0.5) is 0 Å². The monoisotopic (exact) mass is 316 g/mol. The Bertz CT molecular complexity index is 641. The molecule has 4 nitrogen and oxygen atoms in total. The van der Waals surface area contributed by atoms with Crippen LogP contribution in [0.25, 0.3) is 0 Å². The topological polar surface area (TPSA) is 72.2 Å². The minimum atomic E-state index is -3.54. The predicted octanol–water partition coefficient (Wildman–Crippen LogP) is 2.38. The third kappa shape index (κ3) is 3.77. The van der Waals surface area contributed by atoms with Gasteiger partial charge < -0.3 is 5.73 Å². The van der Waals surface area contributed by atoms with Gasteiger partial charge in [0.25, 0.3) is 0 Å². The van der Waals surface area contributed by atoms with E-state index in [0.717, 1.165) is 16.9 Å². The molecule has 1 atom stereocenters. The van der Waals surface area contributed by atoms with E-state index in [1.807, 2.05) is 30.3 Å². The highest BCUT2D eigenvalue weighted by molar-refractivity contribution is 7.91. The first kappa shape index (κ1) is 14.5. The molecule has 0 aliphatic carbocycles. The average Bonchev–Trinajstić information content (AvgIpc) is 2.85. The Morgan fingerprint density at radius 2 is 1.89 bits per heavy atom.